The lowest BCUT2D eigenvalue weighted by molar-refractivity contribution is -0.149. The van der Waals surface area contributed by atoms with Crippen molar-refractivity contribution in [2.75, 3.05) is 6.61 Å². The molecule has 0 bridgehead atoms. The Labute approximate surface area is 234 Å². The highest BCUT2D eigenvalue weighted by Gasteiger charge is 2.19. The van der Waals surface area contributed by atoms with E-state index in [2.05, 4.69) is 20.8 Å². The van der Waals surface area contributed by atoms with Gasteiger partial charge in [0.15, 0.2) is 0 Å². The van der Waals surface area contributed by atoms with Gasteiger partial charge in [0.25, 0.3) is 0 Å². The van der Waals surface area contributed by atoms with Crippen molar-refractivity contribution < 1.29 is 15.0 Å². The largest absolute Gasteiger partial charge is 0.465 e. The molecule has 37 heavy (non-hydrogen) atoms. The molecule has 0 aliphatic rings. The third-order valence-corrected chi connectivity index (χ3v) is 7.89. The monoisotopic (exact) mass is 527 g/mol. The number of hydrogen-bond acceptors (Lipinski definition) is 2. The van der Waals surface area contributed by atoms with Crippen LogP contribution in [-0.4, -0.2) is 18.1 Å². The molecule has 1 atom stereocenters. The molecule has 0 saturated carbocycles. The quantitative estimate of drug-likeness (QED) is 0.0690. The summed E-state index contributed by atoms with van der Waals surface area (Å²) in [5, 5.41) is 0. The molecule has 0 saturated heterocycles. The summed E-state index contributed by atoms with van der Waals surface area (Å²) in [6.07, 6.45) is 36.7. The molecule has 0 heterocycles. The molecule has 3 heteroatoms. The molecule has 0 radical (unpaired) electrons. The maximum Gasteiger partial charge on any atom is 0.308 e. The van der Waals surface area contributed by atoms with Crippen molar-refractivity contribution in [1.82, 2.24) is 0 Å². The number of ether oxygens (including phenoxy) is 1. The molecule has 0 aromatic carbocycles. The van der Waals surface area contributed by atoms with Gasteiger partial charge in [0.05, 0.1) is 12.5 Å². The Morgan fingerprint density at radius 2 is 0.703 bits per heavy atom. The van der Waals surface area contributed by atoms with Crippen molar-refractivity contribution in [3.05, 3.63) is 0 Å². The second kappa shape index (κ2) is 33.5. The van der Waals surface area contributed by atoms with E-state index in [0.717, 1.165) is 19.3 Å². The average Bonchev–Trinajstić information content (AvgIpc) is 2.89. The van der Waals surface area contributed by atoms with E-state index in [-0.39, 0.29) is 17.4 Å². The highest BCUT2D eigenvalue weighted by Crippen LogP contribution is 2.21. The Balaban J connectivity index is 0. The van der Waals surface area contributed by atoms with E-state index < -0.39 is 0 Å². The molecule has 0 aromatic heterocycles. The van der Waals surface area contributed by atoms with Crippen LogP contribution in [0.15, 0.2) is 0 Å². The summed E-state index contributed by atoms with van der Waals surface area (Å²) in [5.74, 6) is 0.253. The van der Waals surface area contributed by atoms with Crippen molar-refractivity contribution in [1.29, 1.82) is 0 Å². The van der Waals surface area contributed by atoms with E-state index in [4.69, 9.17) is 4.74 Å². The first kappa shape index (κ1) is 38.6. The maximum atomic E-state index is 12.8. The molecule has 1 unspecified atom stereocenters. The fourth-order valence-electron chi connectivity index (χ4n) is 5.31. The highest BCUT2D eigenvalue weighted by molar-refractivity contribution is 5.72. The Kier molecular flexibility index (Phi) is 34.9. The molecule has 0 rings (SSSR count). The smallest absolute Gasteiger partial charge is 0.308 e. The third-order valence-electron chi connectivity index (χ3n) is 7.89. The van der Waals surface area contributed by atoms with E-state index in [1.807, 2.05) is 0 Å². The number of carbonyl (C=O) groups excluding carboxylic acids is 1. The molecule has 0 aliphatic heterocycles. The van der Waals surface area contributed by atoms with Crippen LogP contribution in [0.4, 0.5) is 0 Å². The number of rotatable bonds is 30. The summed E-state index contributed by atoms with van der Waals surface area (Å²) in [5.41, 5.74) is 0. The van der Waals surface area contributed by atoms with Crippen LogP contribution < -0.4 is 0 Å². The summed E-state index contributed by atoms with van der Waals surface area (Å²) in [7, 11) is 0. The zero-order valence-electron chi connectivity index (χ0n) is 25.9. The van der Waals surface area contributed by atoms with Gasteiger partial charge in [-0.25, -0.2) is 0 Å². The van der Waals surface area contributed by atoms with Gasteiger partial charge in [-0.05, 0) is 19.3 Å². The normalized spacial score (nSPS) is 11.9. The van der Waals surface area contributed by atoms with E-state index in [9.17, 15) is 4.79 Å². The molecule has 224 valence electrons. The molecule has 0 aliphatic carbocycles. The van der Waals surface area contributed by atoms with Crippen LogP contribution >= 0.6 is 0 Å². The van der Waals surface area contributed by atoms with Crippen LogP contribution in [0.2, 0.25) is 0 Å². The third kappa shape index (κ3) is 29.8. The lowest BCUT2D eigenvalue weighted by Gasteiger charge is -2.16. The minimum Gasteiger partial charge on any atom is -0.465 e. The molecular weight excluding hydrogens is 456 g/mol. The van der Waals surface area contributed by atoms with Crippen LogP contribution in [0.25, 0.3) is 0 Å². The van der Waals surface area contributed by atoms with Crippen molar-refractivity contribution in [3.8, 4) is 0 Å². The van der Waals surface area contributed by atoms with E-state index in [0.29, 0.717) is 6.61 Å². The van der Waals surface area contributed by atoms with Crippen LogP contribution in [-0.2, 0) is 9.53 Å². The lowest BCUT2D eigenvalue weighted by atomic mass is 9.94. The summed E-state index contributed by atoms with van der Waals surface area (Å²) in [6, 6.07) is 0. The van der Waals surface area contributed by atoms with Crippen LogP contribution in [0.5, 0.6) is 0 Å². The maximum absolute atomic E-state index is 12.8. The van der Waals surface area contributed by atoms with Gasteiger partial charge in [-0.15, -0.1) is 0 Å². The summed E-state index contributed by atoms with van der Waals surface area (Å²) < 4.78 is 5.78. The van der Waals surface area contributed by atoms with Crippen LogP contribution in [0.3, 0.4) is 0 Å². The minimum atomic E-state index is 0. The average molecular weight is 527 g/mol. The van der Waals surface area contributed by atoms with Gasteiger partial charge < -0.3 is 10.2 Å². The Morgan fingerprint density at radius 3 is 1.03 bits per heavy atom. The van der Waals surface area contributed by atoms with Gasteiger partial charge in [-0.2, -0.15) is 0 Å². The first-order valence-electron chi connectivity index (χ1n) is 16.9. The van der Waals surface area contributed by atoms with E-state index in [1.54, 1.807) is 0 Å². The predicted octanol–water partition coefficient (Wildman–Crippen LogP) is 11.3. The topological polar surface area (TPSA) is 57.8 Å². The van der Waals surface area contributed by atoms with Crippen molar-refractivity contribution >= 4 is 5.97 Å². The van der Waals surface area contributed by atoms with Gasteiger partial charge in [-0.3, -0.25) is 4.79 Å². The van der Waals surface area contributed by atoms with Gasteiger partial charge >= 0.3 is 5.97 Å². The number of carbonyl (C=O) groups is 1. The Morgan fingerprint density at radius 1 is 0.432 bits per heavy atom. The SMILES string of the molecule is CCCCCCCCCCCCOC(=O)C(CCCCCCCC)CCCCCCCCCCCC.O. The highest BCUT2D eigenvalue weighted by atomic mass is 16.5. The number of unbranched alkanes of at least 4 members (excludes halogenated alkanes) is 23. The molecule has 0 spiro atoms. The molecule has 0 aromatic rings. The number of esters is 1. The van der Waals surface area contributed by atoms with Gasteiger partial charge in [0, 0.05) is 0 Å². The fourth-order valence-corrected chi connectivity index (χ4v) is 5.31. The molecule has 0 fully saturated rings. The zero-order valence-corrected chi connectivity index (χ0v) is 25.9. The van der Waals surface area contributed by atoms with Gasteiger partial charge in [0.1, 0.15) is 0 Å². The molecular formula is C34H70O3. The minimum absolute atomic E-state index is 0. The Bertz CT molecular complexity index is 423. The predicted molar refractivity (Wildman–Crippen MR) is 164 cm³/mol. The molecule has 0 amide bonds. The Hall–Kier alpha value is -0.570. The fraction of sp³-hybridized carbons (Fsp3) is 0.971. The lowest BCUT2D eigenvalue weighted by Crippen LogP contribution is -2.18. The second-order valence-corrected chi connectivity index (χ2v) is 11.6. The zero-order chi connectivity index (χ0) is 26.4. The summed E-state index contributed by atoms with van der Waals surface area (Å²) >= 11 is 0. The van der Waals surface area contributed by atoms with Crippen LogP contribution in [0.1, 0.15) is 201 Å². The summed E-state index contributed by atoms with van der Waals surface area (Å²) in [6.45, 7) is 7.47. The summed E-state index contributed by atoms with van der Waals surface area (Å²) in [4.78, 5) is 12.8. The standard InChI is InChI=1S/C34H68O2.H2O/c1-4-7-10-13-16-18-20-22-25-28-31-33(30-27-24-15-12-9-6-3)34(35)36-32-29-26-23-21-19-17-14-11-8-5-2;/h33H,4-32H2,1-3H3;1H2. The van der Waals surface area contributed by atoms with Crippen LogP contribution in [0, 0.1) is 5.92 Å². The number of hydrogen-bond donors (Lipinski definition) is 0. The van der Waals surface area contributed by atoms with Crippen molar-refractivity contribution in [2.24, 2.45) is 5.92 Å². The van der Waals surface area contributed by atoms with Crippen molar-refractivity contribution in [3.63, 3.8) is 0 Å². The first-order chi connectivity index (χ1) is 17.8. The van der Waals surface area contributed by atoms with Crippen molar-refractivity contribution in [2.45, 2.75) is 201 Å². The first-order valence-corrected chi connectivity index (χ1v) is 16.9. The van der Waals surface area contributed by atoms with E-state index in [1.165, 1.54) is 161 Å². The van der Waals surface area contributed by atoms with E-state index >= 15 is 0 Å². The van der Waals surface area contributed by atoms with Gasteiger partial charge in [-0.1, -0.05) is 181 Å². The second-order valence-electron chi connectivity index (χ2n) is 11.6. The molecule has 2 N–H and O–H groups in total. The molecule has 3 nitrogen and oxygen atoms in total. The van der Waals surface area contributed by atoms with Gasteiger partial charge in [0.2, 0.25) is 0 Å².